The number of aryl methyl sites for hydroxylation is 1. The third kappa shape index (κ3) is 3.99. The third-order valence-electron chi connectivity index (χ3n) is 6.50. The number of para-hydroxylation sites is 2. The van der Waals surface area contributed by atoms with E-state index in [2.05, 4.69) is 9.47 Å². The normalized spacial score (nSPS) is 15.5. The number of carbonyl (C=O) groups is 1. The summed E-state index contributed by atoms with van der Waals surface area (Å²) in [5.41, 5.74) is 4.24. The number of carbonyl (C=O) groups excluding carboxylic acids is 1. The number of piperazine rings is 1. The Kier molecular flexibility index (Phi) is 5.70. The van der Waals surface area contributed by atoms with Crippen LogP contribution in [0.4, 0.5) is 11.4 Å². The van der Waals surface area contributed by atoms with E-state index in [0.717, 1.165) is 22.8 Å². The Morgan fingerprint density at radius 1 is 1.00 bits per heavy atom. The first-order valence-corrected chi connectivity index (χ1v) is 11.3. The Morgan fingerprint density at radius 3 is 2.50 bits per heavy atom. The lowest BCUT2D eigenvalue weighted by Gasteiger charge is -2.35. The van der Waals surface area contributed by atoms with Crippen molar-refractivity contribution in [3.63, 3.8) is 0 Å². The van der Waals surface area contributed by atoms with Gasteiger partial charge in [-0.3, -0.25) is 19.8 Å². The zero-order chi connectivity index (χ0) is 23.8. The van der Waals surface area contributed by atoms with Gasteiger partial charge in [-0.25, -0.2) is 0 Å². The number of fused-ring (bicyclic) bond motifs is 1. The smallest absolute Gasteiger partial charge is 0.292 e. The first kappa shape index (κ1) is 22.0. The number of rotatable bonds is 6. The predicted octanol–water partition coefficient (Wildman–Crippen LogP) is 3.74. The molecule has 1 saturated heterocycles. The van der Waals surface area contributed by atoms with Crippen LogP contribution in [0.2, 0.25) is 0 Å². The van der Waals surface area contributed by atoms with Crippen LogP contribution in [-0.4, -0.2) is 59.7 Å². The maximum absolute atomic E-state index is 13.2. The van der Waals surface area contributed by atoms with Gasteiger partial charge in [0.2, 0.25) is 6.79 Å². The highest BCUT2D eigenvalue weighted by Crippen LogP contribution is 2.35. The van der Waals surface area contributed by atoms with E-state index in [1.165, 1.54) is 6.07 Å². The Hall–Kier alpha value is -3.85. The van der Waals surface area contributed by atoms with Gasteiger partial charge >= 0.3 is 0 Å². The molecule has 9 nitrogen and oxygen atoms in total. The highest BCUT2D eigenvalue weighted by Gasteiger charge is 2.26. The number of hydrogen-bond donors (Lipinski definition) is 0. The Bertz CT molecular complexity index is 1260. The monoisotopic (exact) mass is 462 g/mol. The van der Waals surface area contributed by atoms with Gasteiger partial charge in [0.25, 0.3) is 5.69 Å². The fourth-order valence-electron chi connectivity index (χ4n) is 4.79. The van der Waals surface area contributed by atoms with Crippen molar-refractivity contribution in [1.29, 1.82) is 0 Å². The minimum atomic E-state index is -0.346. The van der Waals surface area contributed by atoms with Gasteiger partial charge in [0.15, 0.2) is 17.3 Å². The molecule has 0 atom stereocenters. The van der Waals surface area contributed by atoms with E-state index >= 15 is 0 Å². The highest BCUT2D eigenvalue weighted by atomic mass is 16.7. The van der Waals surface area contributed by atoms with Crippen LogP contribution in [0.25, 0.3) is 5.69 Å². The van der Waals surface area contributed by atoms with E-state index in [4.69, 9.17) is 9.47 Å². The average molecular weight is 463 g/mol. The molecule has 0 aliphatic carbocycles. The molecule has 3 heterocycles. The summed E-state index contributed by atoms with van der Waals surface area (Å²) in [4.78, 5) is 28.4. The zero-order valence-corrected chi connectivity index (χ0v) is 19.2. The van der Waals surface area contributed by atoms with E-state index in [9.17, 15) is 14.9 Å². The number of ether oxygens (including phenoxy) is 2. The fourth-order valence-corrected chi connectivity index (χ4v) is 4.79. The van der Waals surface area contributed by atoms with Crippen LogP contribution >= 0.6 is 0 Å². The van der Waals surface area contributed by atoms with Crippen molar-refractivity contribution in [1.82, 2.24) is 9.47 Å². The molecule has 2 aliphatic rings. The van der Waals surface area contributed by atoms with E-state index in [0.29, 0.717) is 49.7 Å². The van der Waals surface area contributed by atoms with Crippen LogP contribution in [0.1, 0.15) is 21.7 Å². The topological polar surface area (TPSA) is 90.1 Å². The van der Waals surface area contributed by atoms with Crippen molar-refractivity contribution in [2.45, 2.75) is 13.8 Å². The Morgan fingerprint density at radius 2 is 1.74 bits per heavy atom. The fraction of sp³-hybridized carbons (Fsp3) is 0.320. The van der Waals surface area contributed by atoms with Crippen molar-refractivity contribution in [3.8, 4) is 17.2 Å². The molecule has 0 amide bonds. The molecule has 0 unspecified atom stereocenters. The second-order valence-corrected chi connectivity index (χ2v) is 8.59. The van der Waals surface area contributed by atoms with Gasteiger partial charge in [-0.2, -0.15) is 0 Å². The highest BCUT2D eigenvalue weighted by molar-refractivity contribution is 5.99. The largest absolute Gasteiger partial charge is 0.454 e. The van der Waals surface area contributed by atoms with Gasteiger partial charge in [0.1, 0.15) is 5.69 Å². The molecular weight excluding hydrogens is 436 g/mol. The van der Waals surface area contributed by atoms with Crippen molar-refractivity contribution in [2.24, 2.45) is 0 Å². The molecule has 34 heavy (non-hydrogen) atoms. The summed E-state index contributed by atoms with van der Waals surface area (Å²) in [7, 11) is 0. The standard InChI is InChI=1S/C25H26N4O5/c1-17-13-20(18(2)28(17)19-7-8-24-25(14-19)34-16-33-24)23(30)15-26-9-11-27(12-10-26)21-5-3-4-6-22(21)29(31)32/h3-8,13-14H,9-12,15-16H2,1-2H3. The molecule has 0 spiro atoms. The number of anilines is 1. The molecule has 5 rings (SSSR count). The van der Waals surface area contributed by atoms with Crippen molar-refractivity contribution >= 4 is 17.2 Å². The lowest BCUT2D eigenvalue weighted by molar-refractivity contribution is -0.384. The number of aromatic nitrogens is 1. The number of benzene rings is 2. The lowest BCUT2D eigenvalue weighted by Crippen LogP contribution is -2.48. The molecule has 0 radical (unpaired) electrons. The SMILES string of the molecule is Cc1cc(C(=O)CN2CCN(c3ccccc3[N+](=O)[O-])CC2)c(C)n1-c1ccc2c(c1)OCO2. The summed E-state index contributed by atoms with van der Waals surface area (Å²) in [6, 6.07) is 14.5. The minimum Gasteiger partial charge on any atom is -0.454 e. The zero-order valence-electron chi connectivity index (χ0n) is 19.2. The van der Waals surface area contributed by atoms with Crippen LogP contribution in [0.3, 0.4) is 0 Å². The third-order valence-corrected chi connectivity index (χ3v) is 6.50. The first-order valence-electron chi connectivity index (χ1n) is 11.3. The molecule has 9 heteroatoms. The maximum Gasteiger partial charge on any atom is 0.292 e. The van der Waals surface area contributed by atoms with Crippen molar-refractivity contribution in [2.75, 3.05) is 44.4 Å². The Balaban J connectivity index is 1.27. The number of nitro benzene ring substituents is 1. The van der Waals surface area contributed by atoms with Gasteiger partial charge < -0.3 is 18.9 Å². The van der Waals surface area contributed by atoms with Crippen LogP contribution < -0.4 is 14.4 Å². The predicted molar refractivity (Wildman–Crippen MR) is 127 cm³/mol. The first-order chi connectivity index (χ1) is 16.4. The molecule has 1 fully saturated rings. The molecule has 0 saturated carbocycles. The summed E-state index contributed by atoms with van der Waals surface area (Å²) in [5.74, 6) is 1.50. The number of nitrogens with zero attached hydrogens (tertiary/aromatic N) is 4. The van der Waals surface area contributed by atoms with Gasteiger partial charge in [0, 0.05) is 61.0 Å². The average Bonchev–Trinajstić information content (AvgIpc) is 3.42. The van der Waals surface area contributed by atoms with Crippen molar-refractivity contribution < 1.29 is 19.2 Å². The number of ketones is 1. The second kappa shape index (κ2) is 8.83. The van der Waals surface area contributed by atoms with Gasteiger partial charge in [-0.1, -0.05) is 12.1 Å². The van der Waals surface area contributed by atoms with Gasteiger partial charge in [-0.05, 0) is 38.1 Å². The second-order valence-electron chi connectivity index (χ2n) is 8.59. The van der Waals surface area contributed by atoms with Crippen LogP contribution in [0.5, 0.6) is 11.5 Å². The quantitative estimate of drug-likeness (QED) is 0.313. The van der Waals surface area contributed by atoms with Crippen LogP contribution in [-0.2, 0) is 0 Å². The van der Waals surface area contributed by atoms with Crippen LogP contribution in [0, 0.1) is 24.0 Å². The summed E-state index contributed by atoms with van der Waals surface area (Å²) >= 11 is 0. The maximum atomic E-state index is 13.2. The molecule has 2 aromatic carbocycles. The lowest BCUT2D eigenvalue weighted by atomic mass is 10.1. The molecule has 1 aromatic heterocycles. The molecule has 0 bridgehead atoms. The summed E-state index contributed by atoms with van der Waals surface area (Å²) in [6.07, 6.45) is 0. The summed E-state index contributed by atoms with van der Waals surface area (Å²) in [5, 5.41) is 11.4. The molecular formula is C25H26N4O5. The summed E-state index contributed by atoms with van der Waals surface area (Å²) < 4.78 is 13.0. The molecule has 176 valence electrons. The van der Waals surface area contributed by atoms with Crippen molar-refractivity contribution in [3.05, 3.63) is 75.6 Å². The minimum absolute atomic E-state index is 0.0687. The molecule has 3 aromatic rings. The van der Waals surface area contributed by atoms with E-state index < -0.39 is 0 Å². The van der Waals surface area contributed by atoms with E-state index in [1.807, 2.05) is 49.1 Å². The van der Waals surface area contributed by atoms with Gasteiger partial charge in [-0.15, -0.1) is 0 Å². The number of hydrogen-bond acceptors (Lipinski definition) is 7. The molecule has 2 aliphatic heterocycles. The Labute approximate surface area is 197 Å². The van der Waals surface area contributed by atoms with E-state index in [1.54, 1.807) is 12.1 Å². The molecule has 0 N–H and O–H groups in total. The van der Waals surface area contributed by atoms with Crippen LogP contribution in [0.15, 0.2) is 48.5 Å². The number of nitro groups is 1. The summed E-state index contributed by atoms with van der Waals surface area (Å²) in [6.45, 7) is 7.07. The van der Waals surface area contributed by atoms with Gasteiger partial charge in [0.05, 0.1) is 11.5 Å². The van der Waals surface area contributed by atoms with E-state index in [-0.39, 0.29) is 23.2 Å². The number of Topliss-reactive ketones (excluding diaryl/α,β-unsaturated/α-hetero) is 1.